The molecule has 0 radical (unpaired) electrons. The largest absolute Gasteiger partial charge is 0.573 e. The number of benzene rings is 2. The highest BCUT2D eigenvalue weighted by atomic mass is 19.4. The summed E-state index contributed by atoms with van der Waals surface area (Å²) in [4.78, 5) is 28.3. The summed E-state index contributed by atoms with van der Waals surface area (Å²) in [5.41, 5.74) is 3.33. The molecule has 2 amide bonds. The zero-order valence-corrected chi connectivity index (χ0v) is 19.9. The highest BCUT2D eigenvalue weighted by Crippen LogP contribution is 2.49. The molecule has 14 heteroatoms. The summed E-state index contributed by atoms with van der Waals surface area (Å²) in [6.45, 7) is 0. The molecule has 206 valence electrons. The molecule has 3 aromatic rings. The minimum atomic E-state index is -4.98. The van der Waals surface area contributed by atoms with Crippen LogP contribution in [0.25, 0.3) is 0 Å². The molecule has 1 aliphatic rings. The van der Waals surface area contributed by atoms with Gasteiger partial charge in [0, 0.05) is 18.0 Å². The van der Waals surface area contributed by atoms with Crippen LogP contribution in [0.4, 0.5) is 32.0 Å². The van der Waals surface area contributed by atoms with Gasteiger partial charge in [-0.05, 0) is 60.7 Å². The first-order valence-corrected chi connectivity index (χ1v) is 11.2. The fourth-order valence-electron chi connectivity index (χ4n) is 3.72. The molecule has 3 N–H and O–H groups in total. The van der Waals surface area contributed by atoms with E-state index in [0.717, 1.165) is 37.4 Å². The van der Waals surface area contributed by atoms with Crippen molar-refractivity contribution in [3.63, 3.8) is 0 Å². The molecule has 0 unspecified atom stereocenters. The second-order valence-corrected chi connectivity index (χ2v) is 8.42. The van der Waals surface area contributed by atoms with E-state index in [9.17, 15) is 35.9 Å². The fourth-order valence-corrected chi connectivity index (χ4v) is 3.72. The van der Waals surface area contributed by atoms with E-state index in [4.69, 9.17) is 15.2 Å². The van der Waals surface area contributed by atoms with Gasteiger partial charge in [-0.3, -0.25) is 14.6 Å². The zero-order valence-electron chi connectivity index (χ0n) is 19.9. The van der Waals surface area contributed by atoms with Crippen molar-refractivity contribution in [2.24, 2.45) is 5.73 Å². The number of primary amides is 1. The molecule has 4 rings (SSSR count). The lowest BCUT2D eigenvalue weighted by molar-refractivity contribution is -0.274. The van der Waals surface area contributed by atoms with E-state index in [1.165, 1.54) is 12.3 Å². The number of hydrogen-bond donors (Lipinski definition) is 2. The molecule has 0 atom stereocenters. The summed E-state index contributed by atoms with van der Waals surface area (Å²) >= 11 is 0. The van der Waals surface area contributed by atoms with Gasteiger partial charge >= 0.3 is 12.5 Å². The summed E-state index contributed by atoms with van der Waals surface area (Å²) in [6.07, 6.45) is -7.62. The van der Waals surface area contributed by atoms with Crippen molar-refractivity contribution in [3.05, 3.63) is 71.0 Å². The predicted octanol–water partition coefficient (Wildman–Crippen LogP) is 6.03. The quantitative estimate of drug-likeness (QED) is 0.329. The molecule has 0 saturated heterocycles. The highest BCUT2D eigenvalue weighted by molar-refractivity contribution is 6.07. The van der Waals surface area contributed by atoms with Crippen LogP contribution in [0.2, 0.25) is 0 Å². The van der Waals surface area contributed by atoms with Gasteiger partial charge in [0.25, 0.3) is 11.8 Å². The number of ether oxygens (including phenoxy) is 3. The van der Waals surface area contributed by atoms with Crippen LogP contribution in [0.15, 0.2) is 48.7 Å². The SMILES string of the molecule is COc1cc(OC(F)(F)F)ccc1Oc1cc(C2CC2)c(C(F)(F)F)cc1C(=O)Nc1ccnc(C(N)=O)c1. The molecular weight excluding hydrogens is 536 g/mol. The van der Waals surface area contributed by atoms with Crippen LogP contribution >= 0.6 is 0 Å². The van der Waals surface area contributed by atoms with E-state index >= 15 is 0 Å². The lowest BCUT2D eigenvalue weighted by atomic mass is 9.98. The number of carbonyl (C=O) groups is 2. The van der Waals surface area contributed by atoms with Gasteiger partial charge in [0.1, 0.15) is 17.2 Å². The van der Waals surface area contributed by atoms with Gasteiger partial charge < -0.3 is 25.3 Å². The van der Waals surface area contributed by atoms with Crippen LogP contribution in [-0.4, -0.2) is 30.3 Å². The van der Waals surface area contributed by atoms with Crippen molar-refractivity contribution in [1.29, 1.82) is 0 Å². The monoisotopic (exact) mass is 555 g/mol. The smallest absolute Gasteiger partial charge is 0.493 e. The van der Waals surface area contributed by atoms with E-state index in [-0.39, 0.29) is 34.2 Å². The van der Waals surface area contributed by atoms with Crippen LogP contribution < -0.4 is 25.3 Å². The number of rotatable bonds is 8. The highest BCUT2D eigenvalue weighted by Gasteiger charge is 2.40. The minimum absolute atomic E-state index is 0.0146. The average Bonchev–Trinajstić information content (AvgIpc) is 3.68. The number of pyridine rings is 1. The van der Waals surface area contributed by atoms with Crippen LogP contribution in [0, 0.1) is 0 Å². The number of amides is 2. The summed E-state index contributed by atoms with van der Waals surface area (Å²) in [5.74, 6) is -3.71. The van der Waals surface area contributed by atoms with Crippen LogP contribution in [0.1, 0.15) is 50.7 Å². The Morgan fingerprint density at radius 2 is 1.69 bits per heavy atom. The lowest BCUT2D eigenvalue weighted by Gasteiger charge is -2.19. The Labute approximate surface area is 216 Å². The number of carbonyl (C=O) groups excluding carboxylic acids is 2. The minimum Gasteiger partial charge on any atom is -0.493 e. The third-order valence-corrected chi connectivity index (χ3v) is 5.58. The Morgan fingerprint density at radius 3 is 2.28 bits per heavy atom. The van der Waals surface area contributed by atoms with E-state index < -0.39 is 47.1 Å². The number of hydrogen-bond acceptors (Lipinski definition) is 6. The molecule has 8 nitrogen and oxygen atoms in total. The third kappa shape index (κ3) is 6.69. The first-order valence-electron chi connectivity index (χ1n) is 11.2. The van der Waals surface area contributed by atoms with Crippen molar-refractivity contribution in [2.45, 2.75) is 31.3 Å². The van der Waals surface area contributed by atoms with Crippen LogP contribution in [0.3, 0.4) is 0 Å². The molecule has 1 heterocycles. The molecule has 1 saturated carbocycles. The number of anilines is 1. The molecule has 2 aromatic carbocycles. The van der Waals surface area contributed by atoms with E-state index in [2.05, 4.69) is 15.0 Å². The Balaban J connectivity index is 1.77. The van der Waals surface area contributed by atoms with Crippen molar-refractivity contribution in [1.82, 2.24) is 4.98 Å². The molecule has 1 aliphatic carbocycles. The Hall–Kier alpha value is -4.49. The van der Waals surface area contributed by atoms with Crippen LogP contribution in [-0.2, 0) is 6.18 Å². The van der Waals surface area contributed by atoms with Gasteiger partial charge in [-0.2, -0.15) is 13.2 Å². The predicted molar refractivity (Wildman–Crippen MR) is 124 cm³/mol. The van der Waals surface area contributed by atoms with Crippen molar-refractivity contribution >= 4 is 17.5 Å². The van der Waals surface area contributed by atoms with Crippen molar-refractivity contribution < 1.29 is 50.1 Å². The molecule has 0 spiro atoms. The van der Waals surface area contributed by atoms with E-state index in [0.29, 0.717) is 18.9 Å². The Morgan fingerprint density at radius 1 is 0.974 bits per heavy atom. The number of nitrogens with two attached hydrogens (primary N) is 1. The zero-order chi connectivity index (χ0) is 28.5. The molecule has 1 fully saturated rings. The maximum Gasteiger partial charge on any atom is 0.573 e. The number of alkyl halides is 6. The standard InChI is InChI=1S/C25H19F6N3O5/c1-37-21-9-14(39-25(29,30)31)4-5-19(21)38-20-11-15(12-2-3-12)17(24(26,27)28)10-16(20)23(36)34-13-6-7-33-18(8-13)22(32)35/h4-12H,2-3H2,1H3,(H2,32,35)(H,33,34,36). The van der Waals surface area contributed by atoms with Gasteiger partial charge in [0.05, 0.1) is 18.2 Å². The summed E-state index contributed by atoms with van der Waals surface area (Å²) in [6, 6.07) is 6.98. The number of nitrogens with zero attached hydrogens (tertiary/aromatic N) is 1. The van der Waals surface area contributed by atoms with Gasteiger partial charge in [-0.15, -0.1) is 13.2 Å². The third-order valence-electron chi connectivity index (χ3n) is 5.58. The topological polar surface area (TPSA) is 113 Å². The molecule has 0 bridgehead atoms. The molecule has 0 aliphatic heterocycles. The number of aromatic nitrogens is 1. The molecule has 1 aromatic heterocycles. The average molecular weight is 555 g/mol. The second-order valence-electron chi connectivity index (χ2n) is 8.42. The number of methoxy groups -OCH3 is 1. The lowest BCUT2D eigenvalue weighted by Crippen LogP contribution is -2.18. The first-order chi connectivity index (χ1) is 18.2. The summed E-state index contributed by atoms with van der Waals surface area (Å²) < 4.78 is 94.4. The van der Waals surface area contributed by atoms with Gasteiger partial charge in [-0.25, -0.2) is 0 Å². The maximum atomic E-state index is 13.9. The fraction of sp³-hybridized carbons (Fsp3) is 0.240. The summed E-state index contributed by atoms with van der Waals surface area (Å²) in [7, 11) is 1.13. The second kappa shape index (κ2) is 10.3. The van der Waals surface area contributed by atoms with Crippen LogP contribution in [0.5, 0.6) is 23.0 Å². The first kappa shape index (κ1) is 27.5. The number of halogens is 6. The summed E-state index contributed by atoms with van der Waals surface area (Å²) in [5, 5.41) is 2.38. The Bertz CT molecular complexity index is 1420. The maximum absolute atomic E-state index is 13.9. The van der Waals surface area contributed by atoms with E-state index in [1.54, 1.807) is 0 Å². The molecule has 39 heavy (non-hydrogen) atoms. The Kier molecular flexibility index (Phi) is 7.31. The molecular formula is C25H19F6N3O5. The van der Waals surface area contributed by atoms with Gasteiger partial charge in [0.2, 0.25) is 0 Å². The van der Waals surface area contributed by atoms with Gasteiger partial charge in [-0.1, -0.05) is 0 Å². The normalized spacial score (nSPS) is 13.5. The van der Waals surface area contributed by atoms with Crippen molar-refractivity contribution in [2.75, 3.05) is 12.4 Å². The van der Waals surface area contributed by atoms with Gasteiger partial charge in [0.15, 0.2) is 11.5 Å². The van der Waals surface area contributed by atoms with E-state index in [1.807, 2.05) is 0 Å². The van der Waals surface area contributed by atoms with Crippen molar-refractivity contribution in [3.8, 4) is 23.0 Å². The number of nitrogens with one attached hydrogen (secondary N) is 1.